The van der Waals surface area contributed by atoms with Crippen LogP contribution in [0.4, 0.5) is 5.69 Å². The number of anilines is 1. The molecule has 0 bridgehead atoms. The minimum Gasteiger partial charge on any atom is -0.354 e. The predicted molar refractivity (Wildman–Crippen MR) is 174 cm³/mol. The van der Waals surface area contributed by atoms with Gasteiger partial charge in [0.15, 0.2) is 0 Å². The lowest BCUT2D eigenvalue weighted by atomic mass is 10.0. The maximum atomic E-state index is 14.4. The minimum absolute atomic E-state index is 0.0760. The third-order valence-electron chi connectivity index (χ3n) is 7.08. The molecule has 0 aliphatic rings. The molecule has 4 aromatic carbocycles. The first-order valence-electron chi connectivity index (χ1n) is 14.2. The van der Waals surface area contributed by atoms with E-state index in [2.05, 4.69) is 21.2 Å². The molecule has 224 valence electrons. The van der Waals surface area contributed by atoms with Crippen molar-refractivity contribution in [3.8, 4) is 0 Å². The van der Waals surface area contributed by atoms with Gasteiger partial charge in [-0.3, -0.25) is 13.9 Å². The number of nitrogens with zero attached hydrogens (tertiary/aromatic N) is 2. The van der Waals surface area contributed by atoms with Gasteiger partial charge in [-0.2, -0.15) is 0 Å². The van der Waals surface area contributed by atoms with Crippen LogP contribution in [0.3, 0.4) is 0 Å². The zero-order chi connectivity index (χ0) is 30.8. The Morgan fingerprint density at radius 3 is 2.05 bits per heavy atom. The van der Waals surface area contributed by atoms with Crippen molar-refractivity contribution in [2.45, 2.75) is 44.2 Å². The van der Waals surface area contributed by atoms with E-state index >= 15 is 0 Å². The Balaban J connectivity index is 1.79. The Labute approximate surface area is 262 Å². The molecule has 0 aliphatic carbocycles. The number of hydrogen-bond acceptors (Lipinski definition) is 4. The molecule has 43 heavy (non-hydrogen) atoms. The minimum atomic E-state index is -4.12. The van der Waals surface area contributed by atoms with Gasteiger partial charge in [0, 0.05) is 24.0 Å². The van der Waals surface area contributed by atoms with Crippen LogP contribution in [-0.4, -0.2) is 44.3 Å². The summed E-state index contributed by atoms with van der Waals surface area (Å²) < 4.78 is 30.1. The van der Waals surface area contributed by atoms with Crippen LogP contribution >= 0.6 is 15.9 Å². The molecule has 4 aromatic rings. The third kappa shape index (κ3) is 8.33. The van der Waals surface area contributed by atoms with Crippen molar-refractivity contribution >= 4 is 43.5 Å². The van der Waals surface area contributed by atoms with E-state index in [0.29, 0.717) is 17.8 Å². The van der Waals surface area contributed by atoms with Crippen LogP contribution in [-0.2, 0) is 32.6 Å². The monoisotopic (exact) mass is 661 g/mol. The van der Waals surface area contributed by atoms with Gasteiger partial charge < -0.3 is 10.2 Å². The maximum absolute atomic E-state index is 14.4. The van der Waals surface area contributed by atoms with Gasteiger partial charge in [0.1, 0.15) is 12.6 Å². The van der Waals surface area contributed by atoms with E-state index in [9.17, 15) is 18.0 Å². The molecule has 4 rings (SSSR count). The lowest BCUT2D eigenvalue weighted by molar-refractivity contribution is -0.140. The molecular formula is C34H36BrN3O4S. The first-order chi connectivity index (χ1) is 20.7. The Morgan fingerprint density at radius 2 is 1.42 bits per heavy atom. The molecule has 1 unspecified atom stereocenters. The highest BCUT2D eigenvalue weighted by molar-refractivity contribution is 9.10. The van der Waals surface area contributed by atoms with Crippen molar-refractivity contribution in [1.82, 2.24) is 10.2 Å². The summed E-state index contributed by atoms with van der Waals surface area (Å²) in [6.07, 6.45) is 1.01. The van der Waals surface area contributed by atoms with E-state index in [1.165, 1.54) is 17.0 Å². The molecule has 2 amide bonds. The predicted octanol–water partition coefficient (Wildman–Crippen LogP) is 6.12. The van der Waals surface area contributed by atoms with Crippen molar-refractivity contribution in [3.05, 3.63) is 130 Å². The van der Waals surface area contributed by atoms with E-state index in [0.717, 1.165) is 26.3 Å². The summed E-state index contributed by atoms with van der Waals surface area (Å²) in [4.78, 5) is 29.7. The van der Waals surface area contributed by atoms with Crippen LogP contribution in [0.15, 0.2) is 119 Å². The maximum Gasteiger partial charge on any atom is 0.264 e. The van der Waals surface area contributed by atoms with Gasteiger partial charge in [0.25, 0.3) is 10.0 Å². The Morgan fingerprint density at radius 1 is 0.814 bits per heavy atom. The second-order valence-corrected chi connectivity index (χ2v) is 13.0. The lowest BCUT2D eigenvalue weighted by Gasteiger charge is -2.34. The number of para-hydroxylation sites is 1. The third-order valence-corrected chi connectivity index (χ3v) is 9.38. The van der Waals surface area contributed by atoms with E-state index in [4.69, 9.17) is 0 Å². The van der Waals surface area contributed by atoms with Gasteiger partial charge in [-0.15, -0.1) is 0 Å². The molecule has 7 nitrogen and oxygen atoms in total. The van der Waals surface area contributed by atoms with Gasteiger partial charge in [-0.1, -0.05) is 102 Å². The van der Waals surface area contributed by atoms with Gasteiger partial charge in [-0.25, -0.2) is 8.42 Å². The van der Waals surface area contributed by atoms with Crippen LogP contribution in [0, 0.1) is 6.92 Å². The van der Waals surface area contributed by atoms with E-state index < -0.39 is 28.5 Å². The largest absolute Gasteiger partial charge is 0.354 e. The van der Waals surface area contributed by atoms with Crippen molar-refractivity contribution in [2.24, 2.45) is 0 Å². The van der Waals surface area contributed by atoms with E-state index in [-0.39, 0.29) is 23.8 Å². The number of carbonyl (C=O) groups is 2. The second kappa shape index (κ2) is 15.0. The quantitative estimate of drug-likeness (QED) is 0.187. The molecule has 9 heteroatoms. The van der Waals surface area contributed by atoms with Crippen molar-refractivity contribution < 1.29 is 18.0 Å². The number of amides is 2. The molecule has 0 heterocycles. The molecule has 0 aromatic heterocycles. The molecule has 1 N–H and O–H groups in total. The number of aryl methyl sites for hydroxylation is 1. The lowest BCUT2D eigenvalue weighted by Crippen LogP contribution is -2.53. The number of carbonyl (C=O) groups excluding carboxylic acids is 2. The van der Waals surface area contributed by atoms with Crippen molar-refractivity contribution in [1.29, 1.82) is 0 Å². The summed E-state index contributed by atoms with van der Waals surface area (Å²) in [7, 11) is -4.12. The number of nitrogens with one attached hydrogen (secondary N) is 1. The topological polar surface area (TPSA) is 86.8 Å². The molecule has 0 radical (unpaired) electrons. The van der Waals surface area contributed by atoms with Crippen molar-refractivity contribution in [2.75, 3.05) is 17.4 Å². The molecule has 0 aliphatic heterocycles. The highest BCUT2D eigenvalue weighted by Gasteiger charge is 2.34. The normalized spacial score (nSPS) is 11.9. The van der Waals surface area contributed by atoms with Crippen LogP contribution in [0.1, 0.15) is 30.0 Å². The molecular weight excluding hydrogens is 626 g/mol. The summed E-state index contributed by atoms with van der Waals surface area (Å²) in [6, 6.07) is 31.3. The Hall–Kier alpha value is -3.95. The van der Waals surface area contributed by atoms with Crippen molar-refractivity contribution in [3.63, 3.8) is 0 Å². The fraction of sp³-hybridized carbons (Fsp3) is 0.235. The number of benzene rings is 4. The average molecular weight is 663 g/mol. The first-order valence-corrected chi connectivity index (χ1v) is 16.4. The molecule has 1 atom stereocenters. The zero-order valence-corrected chi connectivity index (χ0v) is 26.7. The van der Waals surface area contributed by atoms with Crippen LogP contribution in [0.2, 0.25) is 0 Å². The smallest absolute Gasteiger partial charge is 0.264 e. The second-order valence-electron chi connectivity index (χ2n) is 10.3. The molecule has 0 saturated heterocycles. The molecule has 0 fully saturated rings. The summed E-state index contributed by atoms with van der Waals surface area (Å²) in [6.45, 7) is 3.87. The summed E-state index contributed by atoms with van der Waals surface area (Å²) in [5.41, 5.74) is 2.81. The average Bonchev–Trinajstić information content (AvgIpc) is 3.02. The SMILES string of the molecule is CCCNC(=O)C(Cc1ccccc1)N(Cc1ccc(Br)cc1)C(=O)CN(c1ccccc1C)S(=O)(=O)c1ccccc1. The summed E-state index contributed by atoms with van der Waals surface area (Å²) in [5.74, 6) is -0.775. The molecule has 0 saturated carbocycles. The van der Waals surface area contributed by atoms with Gasteiger partial charge in [-0.05, 0) is 60.4 Å². The highest BCUT2D eigenvalue weighted by Crippen LogP contribution is 2.27. The van der Waals surface area contributed by atoms with Crippen LogP contribution in [0.5, 0.6) is 0 Å². The highest BCUT2D eigenvalue weighted by atomic mass is 79.9. The van der Waals surface area contributed by atoms with E-state index in [1.54, 1.807) is 30.3 Å². The number of rotatable bonds is 13. The van der Waals surface area contributed by atoms with Crippen LogP contribution < -0.4 is 9.62 Å². The van der Waals surface area contributed by atoms with Gasteiger partial charge >= 0.3 is 0 Å². The summed E-state index contributed by atoms with van der Waals surface area (Å²) >= 11 is 3.46. The van der Waals surface area contributed by atoms with Crippen LogP contribution in [0.25, 0.3) is 0 Å². The first kappa shape index (κ1) is 32.0. The standard InChI is InChI=1S/C34H36BrN3O4S/c1-3-22-36-34(40)32(23-27-13-6-4-7-14-27)37(24-28-18-20-29(35)21-19-28)33(39)25-38(31-17-11-10-12-26(31)2)43(41,42)30-15-8-5-9-16-30/h4-21,32H,3,22-25H2,1-2H3,(H,36,40). The van der Waals surface area contributed by atoms with Gasteiger partial charge in [0.05, 0.1) is 10.6 Å². The fourth-order valence-electron chi connectivity index (χ4n) is 4.78. The Kier molecular flexibility index (Phi) is 11.1. The molecule has 0 spiro atoms. The van der Waals surface area contributed by atoms with Gasteiger partial charge in [0.2, 0.25) is 11.8 Å². The number of hydrogen-bond donors (Lipinski definition) is 1. The zero-order valence-electron chi connectivity index (χ0n) is 24.3. The number of halogens is 1. The fourth-order valence-corrected chi connectivity index (χ4v) is 6.55. The number of sulfonamides is 1. The Bertz CT molecular complexity index is 1610. The van der Waals surface area contributed by atoms with E-state index in [1.807, 2.05) is 80.6 Å². The summed E-state index contributed by atoms with van der Waals surface area (Å²) in [5, 5.41) is 2.96.